The SMILES string of the molecule is CNCC1CCCCN1CCCC(=O)N(C)C. The lowest BCUT2D eigenvalue weighted by atomic mass is 10.0. The maximum atomic E-state index is 11.5. The van der Waals surface area contributed by atoms with Crippen LogP contribution in [-0.2, 0) is 4.79 Å². The summed E-state index contributed by atoms with van der Waals surface area (Å²) < 4.78 is 0. The summed E-state index contributed by atoms with van der Waals surface area (Å²) in [6, 6.07) is 0.670. The van der Waals surface area contributed by atoms with Crippen LogP contribution >= 0.6 is 0 Å². The lowest BCUT2D eigenvalue weighted by molar-refractivity contribution is -0.128. The summed E-state index contributed by atoms with van der Waals surface area (Å²) in [5, 5.41) is 3.27. The number of amides is 1. The lowest BCUT2D eigenvalue weighted by Gasteiger charge is -2.35. The largest absolute Gasteiger partial charge is 0.349 e. The lowest BCUT2D eigenvalue weighted by Crippen LogP contribution is -2.45. The molecule has 0 aromatic carbocycles. The molecule has 0 radical (unpaired) electrons. The molecule has 1 atom stereocenters. The van der Waals surface area contributed by atoms with Gasteiger partial charge in [-0.1, -0.05) is 6.42 Å². The van der Waals surface area contributed by atoms with E-state index in [1.165, 1.54) is 25.8 Å². The third kappa shape index (κ3) is 5.04. The molecule has 0 aliphatic carbocycles. The summed E-state index contributed by atoms with van der Waals surface area (Å²) in [4.78, 5) is 15.7. The van der Waals surface area contributed by atoms with Crippen molar-refractivity contribution in [2.24, 2.45) is 0 Å². The minimum atomic E-state index is 0.243. The van der Waals surface area contributed by atoms with E-state index in [1.807, 2.05) is 21.1 Å². The van der Waals surface area contributed by atoms with Gasteiger partial charge < -0.3 is 10.2 Å². The molecule has 4 nitrogen and oxygen atoms in total. The van der Waals surface area contributed by atoms with E-state index in [2.05, 4.69) is 10.2 Å². The van der Waals surface area contributed by atoms with Gasteiger partial charge in [-0.25, -0.2) is 0 Å². The van der Waals surface area contributed by atoms with E-state index < -0.39 is 0 Å². The van der Waals surface area contributed by atoms with Crippen LogP contribution in [0, 0.1) is 0 Å². The van der Waals surface area contributed by atoms with Crippen molar-refractivity contribution < 1.29 is 4.79 Å². The normalized spacial score (nSPS) is 21.5. The van der Waals surface area contributed by atoms with Gasteiger partial charge in [0.1, 0.15) is 0 Å². The van der Waals surface area contributed by atoms with Gasteiger partial charge in [0.05, 0.1) is 0 Å². The fourth-order valence-corrected chi connectivity index (χ4v) is 2.48. The van der Waals surface area contributed by atoms with Crippen molar-refractivity contribution >= 4 is 5.91 Å². The van der Waals surface area contributed by atoms with Crippen molar-refractivity contribution in [2.75, 3.05) is 40.8 Å². The molecule has 100 valence electrons. The van der Waals surface area contributed by atoms with Crippen LogP contribution in [0.15, 0.2) is 0 Å². The quantitative estimate of drug-likeness (QED) is 0.751. The van der Waals surface area contributed by atoms with Crippen molar-refractivity contribution in [2.45, 2.75) is 38.1 Å². The van der Waals surface area contributed by atoms with Gasteiger partial charge in [0.2, 0.25) is 5.91 Å². The number of carbonyl (C=O) groups excluding carboxylic acids is 1. The first-order valence-corrected chi connectivity index (χ1v) is 6.74. The van der Waals surface area contributed by atoms with Crippen molar-refractivity contribution in [3.63, 3.8) is 0 Å². The second kappa shape index (κ2) is 7.67. The number of rotatable bonds is 6. The van der Waals surface area contributed by atoms with Crippen LogP contribution < -0.4 is 5.32 Å². The molecule has 0 aromatic rings. The monoisotopic (exact) mass is 241 g/mol. The summed E-state index contributed by atoms with van der Waals surface area (Å²) in [5.41, 5.74) is 0. The van der Waals surface area contributed by atoms with Crippen LogP contribution in [0.5, 0.6) is 0 Å². The van der Waals surface area contributed by atoms with Crippen molar-refractivity contribution in [3.8, 4) is 0 Å². The molecule has 1 unspecified atom stereocenters. The van der Waals surface area contributed by atoms with Gasteiger partial charge in [-0.3, -0.25) is 9.69 Å². The average Bonchev–Trinajstić information content (AvgIpc) is 2.31. The highest BCUT2D eigenvalue weighted by Gasteiger charge is 2.21. The van der Waals surface area contributed by atoms with E-state index in [9.17, 15) is 4.79 Å². The predicted octanol–water partition coefficient (Wildman–Crippen LogP) is 0.929. The van der Waals surface area contributed by atoms with Crippen LogP contribution in [-0.4, -0.2) is 62.5 Å². The average molecular weight is 241 g/mol. The van der Waals surface area contributed by atoms with Crippen LogP contribution in [0.1, 0.15) is 32.1 Å². The zero-order valence-electron chi connectivity index (χ0n) is 11.5. The molecule has 4 heteroatoms. The Labute approximate surface area is 105 Å². The van der Waals surface area contributed by atoms with E-state index in [4.69, 9.17) is 0 Å². The molecule has 0 spiro atoms. The number of hydrogen-bond donors (Lipinski definition) is 1. The van der Waals surface area contributed by atoms with E-state index in [1.54, 1.807) is 4.90 Å². The summed E-state index contributed by atoms with van der Waals surface area (Å²) in [5.74, 6) is 0.243. The molecule has 1 aliphatic heterocycles. The maximum absolute atomic E-state index is 11.5. The van der Waals surface area contributed by atoms with Gasteiger partial charge in [0, 0.05) is 33.1 Å². The first-order chi connectivity index (χ1) is 8.15. The highest BCUT2D eigenvalue weighted by atomic mass is 16.2. The molecule has 1 amide bonds. The smallest absolute Gasteiger partial charge is 0.222 e. The van der Waals surface area contributed by atoms with Gasteiger partial charge >= 0.3 is 0 Å². The van der Waals surface area contributed by atoms with Crippen molar-refractivity contribution in [3.05, 3.63) is 0 Å². The molecular formula is C13H27N3O. The number of likely N-dealkylation sites (N-methyl/N-ethyl adjacent to an activating group) is 1. The Kier molecular flexibility index (Phi) is 6.52. The van der Waals surface area contributed by atoms with E-state index in [-0.39, 0.29) is 5.91 Å². The van der Waals surface area contributed by atoms with Gasteiger partial charge in [-0.15, -0.1) is 0 Å². The van der Waals surface area contributed by atoms with Crippen LogP contribution in [0.2, 0.25) is 0 Å². The predicted molar refractivity (Wildman–Crippen MR) is 71.1 cm³/mol. The van der Waals surface area contributed by atoms with Crippen LogP contribution in [0.3, 0.4) is 0 Å². The molecular weight excluding hydrogens is 214 g/mol. The Balaban J connectivity index is 2.25. The summed E-state index contributed by atoms with van der Waals surface area (Å²) in [7, 11) is 5.67. The van der Waals surface area contributed by atoms with Gasteiger partial charge in [-0.05, 0) is 39.4 Å². The summed E-state index contributed by atoms with van der Waals surface area (Å²) in [6.45, 7) is 3.33. The molecule has 0 saturated carbocycles. The van der Waals surface area contributed by atoms with Gasteiger partial charge in [-0.2, -0.15) is 0 Å². The molecule has 1 saturated heterocycles. The number of likely N-dealkylation sites (tertiary alicyclic amines) is 1. The molecule has 17 heavy (non-hydrogen) atoms. The van der Waals surface area contributed by atoms with Crippen molar-refractivity contribution in [1.82, 2.24) is 15.1 Å². The van der Waals surface area contributed by atoms with Crippen LogP contribution in [0.4, 0.5) is 0 Å². The maximum Gasteiger partial charge on any atom is 0.222 e. The minimum Gasteiger partial charge on any atom is -0.349 e. The number of nitrogens with one attached hydrogen (secondary N) is 1. The third-order valence-electron chi connectivity index (χ3n) is 3.52. The minimum absolute atomic E-state index is 0.243. The van der Waals surface area contributed by atoms with Gasteiger partial charge in [0.25, 0.3) is 0 Å². The molecule has 0 aromatic heterocycles. The molecule has 1 aliphatic rings. The topological polar surface area (TPSA) is 35.6 Å². The third-order valence-corrected chi connectivity index (χ3v) is 3.52. The first-order valence-electron chi connectivity index (χ1n) is 6.74. The first kappa shape index (κ1) is 14.5. The molecule has 1 rings (SSSR count). The van der Waals surface area contributed by atoms with E-state index >= 15 is 0 Å². The highest BCUT2D eigenvalue weighted by Crippen LogP contribution is 2.17. The molecule has 0 bridgehead atoms. The standard InChI is InChI=1S/C13H27N3O/c1-14-11-12-7-4-5-9-16(12)10-6-8-13(17)15(2)3/h12,14H,4-11H2,1-3H3. The Morgan fingerprint density at radius 2 is 2.18 bits per heavy atom. The molecule has 1 N–H and O–H groups in total. The Morgan fingerprint density at radius 3 is 2.82 bits per heavy atom. The zero-order valence-corrected chi connectivity index (χ0v) is 11.5. The zero-order chi connectivity index (χ0) is 12.7. The van der Waals surface area contributed by atoms with Gasteiger partial charge in [0.15, 0.2) is 0 Å². The van der Waals surface area contributed by atoms with E-state index in [0.717, 1.165) is 19.5 Å². The fraction of sp³-hybridized carbons (Fsp3) is 0.923. The Hall–Kier alpha value is -0.610. The van der Waals surface area contributed by atoms with Crippen molar-refractivity contribution in [1.29, 1.82) is 0 Å². The second-order valence-electron chi connectivity index (χ2n) is 5.13. The number of nitrogens with zero attached hydrogens (tertiary/aromatic N) is 2. The van der Waals surface area contributed by atoms with Crippen LogP contribution in [0.25, 0.3) is 0 Å². The fourth-order valence-electron chi connectivity index (χ4n) is 2.48. The number of carbonyl (C=O) groups is 1. The summed E-state index contributed by atoms with van der Waals surface area (Å²) >= 11 is 0. The highest BCUT2D eigenvalue weighted by molar-refractivity contribution is 5.75. The Bertz CT molecular complexity index is 229. The van der Waals surface area contributed by atoms with E-state index in [0.29, 0.717) is 12.5 Å². The second-order valence-corrected chi connectivity index (χ2v) is 5.13. The Morgan fingerprint density at radius 1 is 1.41 bits per heavy atom. The number of piperidine rings is 1. The molecule has 1 heterocycles. The number of hydrogen-bond acceptors (Lipinski definition) is 3. The molecule has 1 fully saturated rings. The summed E-state index contributed by atoms with van der Waals surface area (Å²) in [6.07, 6.45) is 5.61.